The van der Waals surface area contributed by atoms with Crippen molar-refractivity contribution < 1.29 is 9.50 Å². The van der Waals surface area contributed by atoms with Crippen LogP contribution in [-0.2, 0) is 19.6 Å². The minimum absolute atomic E-state index is 0.0290. The molecule has 17 heavy (non-hydrogen) atoms. The van der Waals surface area contributed by atoms with E-state index >= 15 is 0 Å². The van der Waals surface area contributed by atoms with Crippen LogP contribution < -0.4 is 0 Å². The Hall–Kier alpha value is -1.61. The van der Waals surface area contributed by atoms with Crippen molar-refractivity contribution in [2.24, 2.45) is 0 Å². The number of rotatable bonds is 4. The Bertz CT molecular complexity index is 466. The molecule has 0 saturated carbocycles. The smallest absolute Gasteiger partial charge is 0.123 e. The zero-order valence-electron chi connectivity index (χ0n) is 9.86. The normalized spacial score (nSPS) is 10.8. The van der Waals surface area contributed by atoms with E-state index in [-0.39, 0.29) is 12.4 Å². The van der Waals surface area contributed by atoms with Crippen LogP contribution in [0.15, 0.2) is 36.4 Å². The molecule has 2 nitrogen and oxygen atoms in total. The minimum Gasteiger partial charge on any atom is -0.390 e. The molecule has 3 heteroatoms. The van der Waals surface area contributed by atoms with E-state index in [9.17, 15) is 9.50 Å². The van der Waals surface area contributed by atoms with Gasteiger partial charge in [0, 0.05) is 17.9 Å². The van der Waals surface area contributed by atoms with Crippen molar-refractivity contribution in [2.75, 3.05) is 0 Å². The highest BCUT2D eigenvalue weighted by molar-refractivity contribution is 5.22. The van der Waals surface area contributed by atoms with Gasteiger partial charge in [-0.25, -0.2) is 4.39 Å². The molecule has 0 aliphatic rings. The van der Waals surface area contributed by atoms with Crippen molar-refractivity contribution in [3.8, 4) is 0 Å². The van der Waals surface area contributed by atoms with Gasteiger partial charge in [0.05, 0.1) is 6.61 Å². The second kappa shape index (κ2) is 5.15. The van der Waals surface area contributed by atoms with Gasteiger partial charge >= 0.3 is 0 Å². The monoisotopic (exact) mass is 233 g/mol. The number of aliphatic hydroxyl groups excluding tert-OH is 1. The summed E-state index contributed by atoms with van der Waals surface area (Å²) < 4.78 is 14.9. The van der Waals surface area contributed by atoms with Crippen molar-refractivity contribution in [1.82, 2.24) is 4.57 Å². The summed E-state index contributed by atoms with van der Waals surface area (Å²) in [7, 11) is 0. The molecular formula is C14H16FNO. The van der Waals surface area contributed by atoms with Crippen LogP contribution in [0, 0.1) is 5.82 Å². The van der Waals surface area contributed by atoms with E-state index in [1.165, 1.54) is 17.8 Å². The molecule has 2 rings (SSSR count). The fraction of sp³-hybridized carbons (Fsp3) is 0.286. The summed E-state index contributed by atoms with van der Waals surface area (Å²) >= 11 is 0. The SMILES string of the molecule is CCc1ccc(CO)n1Cc1ccc(F)cc1. The lowest BCUT2D eigenvalue weighted by Crippen LogP contribution is -2.07. The summed E-state index contributed by atoms with van der Waals surface area (Å²) in [6, 6.07) is 10.4. The standard InChI is InChI=1S/C14H16FNO/c1-2-13-7-8-14(10-17)16(13)9-11-3-5-12(15)6-4-11/h3-8,17H,2,9-10H2,1H3. The number of hydrogen-bond acceptors (Lipinski definition) is 1. The lowest BCUT2D eigenvalue weighted by molar-refractivity contribution is 0.271. The van der Waals surface area contributed by atoms with Crippen LogP contribution in [0.1, 0.15) is 23.9 Å². The van der Waals surface area contributed by atoms with Gasteiger partial charge in [0.2, 0.25) is 0 Å². The number of aryl methyl sites for hydroxylation is 1. The van der Waals surface area contributed by atoms with Crippen LogP contribution in [-0.4, -0.2) is 9.67 Å². The number of halogens is 1. The van der Waals surface area contributed by atoms with Gasteiger partial charge in [-0.3, -0.25) is 0 Å². The number of aromatic nitrogens is 1. The van der Waals surface area contributed by atoms with Gasteiger partial charge in [-0.2, -0.15) is 0 Å². The summed E-state index contributed by atoms with van der Waals surface area (Å²) in [4.78, 5) is 0. The number of hydrogen-bond donors (Lipinski definition) is 1. The van der Waals surface area contributed by atoms with E-state index in [0.717, 1.165) is 17.7 Å². The number of aliphatic hydroxyl groups is 1. The van der Waals surface area contributed by atoms with Crippen LogP contribution in [0.4, 0.5) is 4.39 Å². The maximum atomic E-state index is 12.8. The van der Waals surface area contributed by atoms with E-state index in [1.54, 1.807) is 12.1 Å². The summed E-state index contributed by atoms with van der Waals surface area (Å²) in [5.74, 6) is -0.223. The van der Waals surface area contributed by atoms with Crippen molar-refractivity contribution in [3.63, 3.8) is 0 Å². The van der Waals surface area contributed by atoms with Gasteiger partial charge in [0.15, 0.2) is 0 Å². The molecule has 1 aromatic carbocycles. The first-order valence-corrected chi connectivity index (χ1v) is 5.77. The third-order valence-electron chi connectivity index (χ3n) is 2.94. The van der Waals surface area contributed by atoms with Crippen molar-refractivity contribution in [1.29, 1.82) is 0 Å². The molecule has 0 unspecified atom stereocenters. The Morgan fingerprint density at radius 1 is 1.06 bits per heavy atom. The lowest BCUT2D eigenvalue weighted by Gasteiger charge is -2.11. The van der Waals surface area contributed by atoms with E-state index < -0.39 is 0 Å². The molecule has 0 bridgehead atoms. The second-order valence-corrected chi connectivity index (χ2v) is 4.04. The Kier molecular flexibility index (Phi) is 3.59. The molecule has 90 valence electrons. The van der Waals surface area contributed by atoms with Crippen LogP contribution in [0.3, 0.4) is 0 Å². The third-order valence-corrected chi connectivity index (χ3v) is 2.94. The zero-order chi connectivity index (χ0) is 12.3. The molecule has 0 spiro atoms. The van der Waals surface area contributed by atoms with E-state index in [0.29, 0.717) is 6.54 Å². The van der Waals surface area contributed by atoms with Gasteiger partial charge in [0.1, 0.15) is 5.82 Å². The molecule has 2 aromatic rings. The van der Waals surface area contributed by atoms with Crippen molar-refractivity contribution in [3.05, 3.63) is 59.2 Å². The first-order valence-electron chi connectivity index (χ1n) is 5.77. The average molecular weight is 233 g/mol. The molecule has 0 fully saturated rings. The van der Waals surface area contributed by atoms with Crippen LogP contribution in [0.5, 0.6) is 0 Å². The van der Waals surface area contributed by atoms with E-state index in [1.807, 2.05) is 12.1 Å². The Morgan fingerprint density at radius 3 is 2.29 bits per heavy atom. The number of benzene rings is 1. The predicted molar refractivity (Wildman–Crippen MR) is 65.2 cm³/mol. The molecule has 0 aliphatic heterocycles. The molecule has 0 aliphatic carbocycles. The first-order chi connectivity index (χ1) is 8.24. The summed E-state index contributed by atoms with van der Waals surface area (Å²) in [5.41, 5.74) is 3.11. The van der Waals surface area contributed by atoms with Gasteiger partial charge in [-0.1, -0.05) is 19.1 Å². The summed E-state index contributed by atoms with van der Waals surface area (Å²) in [6.07, 6.45) is 0.918. The highest BCUT2D eigenvalue weighted by atomic mass is 19.1. The predicted octanol–water partition coefficient (Wildman–Crippen LogP) is 2.73. The highest BCUT2D eigenvalue weighted by Crippen LogP contribution is 2.14. The molecular weight excluding hydrogens is 217 g/mol. The zero-order valence-corrected chi connectivity index (χ0v) is 9.86. The Balaban J connectivity index is 2.28. The topological polar surface area (TPSA) is 25.2 Å². The van der Waals surface area contributed by atoms with E-state index in [2.05, 4.69) is 11.5 Å². The molecule has 0 saturated heterocycles. The van der Waals surface area contributed by atoms with Crippen LogP contribution in [0.2, 0.25) is 0 Å². The maximum absolute atomic E-state index is 12.8. The van der Waals surface area contributed by atoms with Crippen molar-refractivity contribution in [2.45, 2.75) is 26.5 Å². The lowest BCUT2D eigenvalue weighted by atomic mass is 10.2. The molecule has 0 radical (unpaired) electrons. The summed E-state index contributed by atoms with van der Waals surface area (Å²) in [6.45, 7) is 2.78. The van der Waals surface area contributed by atoms with Crippen LogP contribution in [0.25, 0.3) is 0 Å². The second-order valence-electron chi connectivity index (χ2n) is 4.04. The largest absolute Gasteiger partial charge is 0.390 e. The first kappa shape index (κ1) is 11.9. The maximum Gasteiger partial charge on any atom is 0.123 e. The average Bonchev–Trinajstić information content (AvgIpc) is 2.74. The Labute approximate surface area is 100 Å². The number of nitrogens with zero attached hydrogens (tertiary/aromatic N) is 1. The van der Waals surface area contributed by atoms with Gasteiger partial charge in [-0.15, -0.1) is 0 Å². The Morgan fingerprint density at radius 2 is 1.71 bits per heavy atom. The molecule has 1 aromatic heterocycles. The minimum atomic E-state index is -0.223. The molecule has 1 N–H and O–H groups in total. The van der Waals surface area contributed by atoms with Gasteiger partial charge in [-0.05, 0) is 36.2 Å². The highest BCUT2D eigenvalue weighted by Gasteiger charge is 2.06. The summed E-state index contributed by atoms with van der Waals surface area (Å²) in [5, 5.41) is 9.27. The fourth-order valence-electron chi connectivity index (χ4n) is 1.98. The molecule has 0 atom stereocenters. The van der Waals surface area contributed by atoms with Gasteiger partial charge in [0.25, 0.3) is 0 Å². The fourth-order valence-corrected chi connectivity index (χ4v) is 1.98. The van der Waals surface area contributed by atoms with Gasteiger partial charge < -0.3 is 9.67 Å². The molecule has 0 amide bonds. The molecule has 1 heterocycles. The van der Waals surface area contributed by atoms with Crippen molar-refractivity contribution >= 4 is 0 Å². The quantitative estimate of drug-likeness (QED) is 0.863. The van der Waals surface area contributed by atoms with Crippen LogP contribution >= 0.6 is 0 Å². The van der Waals surface area contributed by atoms with E-state index in [4.69, 9.17) is 0 Å². The third kappa shape index (κ3) is 2.56.